The van der Waals surface area contributed by atoms with Crippen molar-refractivity contribution in [2.75, 3.05) is 0 Å². The van der Waals surface area contributed by atoms with Gasteiger partial charge in [-0.05, 0) is 55.7 Å². The summed E-state index contributed by atoms with van der Waals surface area (Å²) in [4.78, 5) is 0. The van der Waals surface area contributed by atoms with Gasteiger partial charge < -0.3 is 9.67 Å². The molecule has 0 amide bonds. The van der Waals surface area contributed by atoms with E-state index in [0.717, 1.165) is 6.32 Å². The summed E-state index contributed by atoms with van der Waals surface area (Å²) in [6.45, 7) is 8.04. The van der Waals surface area contributed by atoms with Crippen molar-refractivity contribution >= 4 is 66.1 Å². The molecule has 173 valence electrons. The second kappa shape index (κ2) is 7.98. The Balaban J connectivity index is 1.53. The number of aromatic nitrogens is 1. The molecule has 35 heavy (non-hydrogen) atoms. The van der Waals surface area contributed by atoms with Crippen molar-refractivity contribution in [1.29, 1.82) is 0 Å². The SMILES string of the molecule is CC(C)(O)C(C)(C)C[B]c1ccc2c3ccccc3n(-c3ccc4sc5ccccc5c4c3)c2c1. The van der Waals surface area contributed by atoms with Gasteiger partial charge in [-0.15, -0.1) is 11.3 Å². The lowest BCUT2D eigenvalue weighted by molar-refractivity contribution is -0.0236. The number of aliphatic hydroxyl groups is 1. The Labute approximate surface area is 211 Å². The van der Waals surface area contributed by atoms with Gasteiger partial charge in [-0.1, -0.05) is 74.2 Å². The molecule has 1 N–H and O–H groups in total. The van der Waals surface area contributed by atoms with E-state index in [4.69, 9.17) is 0 Å². The summed E-state index contributed by atoms with van der Waals surface area (Å²) in [5.41, 5.74) is 3.82. The summed E-state index contributed by atoms with van der Waals surface area (Å²) < 4.78 is 5.04. The van der Waals surface area contributed by atoms with E-state index in [1.54, 1.807) is 0 Å². The van der Waals surface area contributed by atoms with Crippen LogP contribution in [0.2, 0.25) is 6.32 Å². The van der Waals surface area contributed by atoms with Crippen LogP contribution in [0.25, 0.3) is 47.7 Å². The van der Waals surface area contributed by atoms with Gasteiger partial charge in [0, 0.05) is 36.6 Å². The van der Waals surface area contributed by atoms with Gasteiger partial charge in [0.2, 0.25) is 0 Å². The lowest BCUT2D eigenvalue weighted by Crippen LogP contribution is -2.40. The molecule has 0 atom stereocenters. The van der Waals surface area contributed by atoms with E-state index >= 15 is 0 Å². The largest absolute Gasteiger partial charge is 0.390 e. The minimum atomic E-state index is -0.749. The molecule has 4 heteroatoms. The highest BCUT2D eigenvalue weighted by Crippen LogP contribution is 2.38. The molecule has 0 bridgehead atoms. The number of benzene rings is 4. The summed E-state index contributed by atoms with van der Waals surface area (Å²) in [6.07, 6.45) is 0.801. The average Bonchev–Trinajstić information content (AvgIpc) is 3.37. The van der Waals surface area contributed by atoms with Gasteiger partial charge in [0.25, 0.3) is 0 Å². The average molecular weight is 474 g/mol. The lowest BCUT2D eigenvalue weighted by Gasteiger charge is -2.37. The molecule has 0 saturated heterocycles. The van der Waals surface area contributed by atoms with Crippen molar-refractivity contribution < 1.29 is 5.11 Å². The molecule has 1 radical (unpaired) electrons. The molecule has 0 fully saturated rings. The molecule has 2 aromatic heterocycles. The predicted octanol–water partition coefficient (Wildman–Crippen LogP) is 7.70. The molecule has 4 aromatic carbocycles. The number of nitrogens with zero attached hydrogens (tertiary/aromatic N) is 1. The fourth-order valence-electron chi connectivity index (χ4n) is 4.87. The van der Waals surface area contributed by atoms with Crippen molar-refractivity contribution in [2.24, 2.45) is 5.41 Å². The Bertz CT molecular complexity index is 1720. The quantitative estimate of drug-likeness (QED) is 0.255. The van der Waals surface area contributed by atoms with Gasteiger partial charge in [0.15, 0.2) is 7.28 Å². The molecule has 0 aliphatic heterocycles. The molecule has 6 aromatic rings. The highest BCUT2D eigenvalue weighted by molar-refractivity contribution is 7.25. The topological polar surface area (TPSA) is 25.2 Å². The van der Waals surface area contributed by atoms with Gasteiger partial charge in [0.1, 0.15) is 0 Å². The second-order valence-corrected chi connectivity index (χ2v) is 11.8. The maximum Gasteiger partial charge on any atom is 0.152 e. The second-order valence-electron chi connectivity index (χ2n) is 10.8. The van der Waals surface area contributed by atoms with Crippen LogP contribution in [0, 0.1) is 5.41 Å². The number of para-hydroxylation sites is 1. The van der Waals surface area contributed by atoms with Crippen molar-refractivity contribution in [3.63, 3.8) is 0 Å². The van der Waals surface area contributed by atoms with E-state index in [1.807, 2.05) is 25.2 Å². The lowest BCUT2D eigenvalue weighted by atomic mass is 9.56. The zero-order valence-electron chi connectivity index (χ0n) is 20.7. The van der Waals surface area contributed by atoms with Crippen LogP contribution in [-0.4, -0.2) is 22.6 Å². The number of fused-ring (bicyclic) bond motifs is 6. The highest BCUT2D eigenvalue weighted by atomic mass is 32.1. The Morgan fingerprint density at radius 2 is 1.40 bits per heavy atom. The zero-order valence-corrected chi connectivity index (χ0v) is 21.5. The Morgan fingerprint density at radius 1 is 0.714 bits per heavy atom. The normalized spacial score (nSPS) is 12.8. The minimum absolute atomic E-state index is 0.223. The number of hydrogen-bond donors (Lipinski definition) is 1. The number of rotatable bonds is 5. The third-order valence-electron chi connectivity index (χ3n) is 7.82. The van der Waals surface area contributed by atoms with E-state index in [1.165, 1.54) is 53.1 Å². The Morgan fingerprint density at radius 3 is 2.20 bits per heavy atom. The molecule has 0 spiro atoms. The Hall–Kier alpha value is -3.08. The van der Waals surface area contributed by atoms with Crippen LogP contribution in [0.5, 0.6) is 0 Å². The van der Waals surface area contributed by atoms with Gasteiger partial charge in [0.05, 0.1) is 16.6 Å². The van der Waals surface area contributed by atoms with E-state index in [0.29, 0.717) is 0 Å². The molecular formula is C31H29BNOS. The maximum atomic E-state index is 10.6. The molecule has 6 rings (SSSR count). The van der Waals surface area contributed by atoms with Crippen LogP contribution in [0.15, 0.2) is 84.9 Å². The van der Waals surface area contributed by atoms with Crippen molar-refractivity contribution in [3.8, 4) is 5.69 Å². The summed E-state index contributed by atoms with van der Waals surface area (Å²) in [7, 11) is 2.26. The smallest absolute Gasteiger partial charge is 0.152 e. The van der Waals surface area contributed by atoms with Crippen LogP contribution in [0.3, 0.4) is 0 Å². The van der Waals surface area contributed by atoms with Gasteiger partial charge in [-0.2, -0.15) is 0 Å². The standard InChI is InChI=1S/C31H29BNOS/c1-30(2,31(3,4)34)19-32-20-13-15-23-22-9-5-7-11-26(22)33(27(23)17-20)21-14-16-29-25(18-21)24-10-6-8-12-28(24)35-29/h5-18,34H,19H2,1-4H3. The monoisotopic (exact) mass is 474 g/mol. The summed E-state index contributed by atoms with van der Waals surface area (Å²) in [5.74, 6) is 0. The third-order valence-corrected chi connectivity index (χ3v) is 8.97. The van der Waals surface area contributed by atoms with Crippen molar-refractivity contribution in [3.05, 3.63) is 84.9 Å². The molecular weight excluding hydrogens is 445 g/mol. The van der Waals surface area contributed by atoms with Crippen LogP contribution < -0.4 is 5.46 Å². The maximum absolute atomic E-state index is 10.6. The molecule has 2 heterocycles. The summed E-state index contributed by atoms with van der Waals surface area (Å²) in [6, 6.07) is 30.9. The van der Waals surface area contributed by atoms with E-state index in [2.05, 4.69) is 111 Å². The predicted molar refractivity (Wildman–Crippen MR) is 154 cm³/mol. The van der Waals surface area contributed by atoms with Gasteiger partial charge in [-0.25, -0.2) is 0 Å². The molecule has 0 aliphatic rings. The van der Waals surface area contributed by atoms with E-state index in [9.17, 15) is 5.11 Å². The molecule has 2 nitrogen and oxygen atoms in total. The highest BCUT2D eigenvalue weighted by Gasteiger charge is 2.34. The van der Waals surface area contributed by atoms with Crippen molar-refractivity contribution in [2.45, 2.75) is 39.6 Å². The fourth-order valence-corrected chi connectivity index (χ4v) is 5.96. The fraction of sp³-hybridized carbons (Fsp3) is 0.226. The first-order valence-electron chi connectivity index (χ1n) is 12.2. The summed E-state index contributed by atoms with van der Waals surface area (Å²) in [5, 5.41) is 15.8. The number of hydrogen-bond acceptors (Lipinski definition) is 2. The summed E-state index contributed by atoms with van der Waals surface area (Å²) >= 11 is 1.85. The molecule has 0 saturated carbocycles. The van der Waals surface area contributed by atoms with Crippen molar-refractivity contribution in [1.82, 2.24) is 4.57 Å². The van der Waals surface area contributed by atoms with E-state index < -0.39 is 5.60 Å². The zero-order chi connectivity index (χ0) is 24.4. The van der Waals surface area contributed by atoms with Gasteiger partial charge >= 0.3 is 0 Å². The molecule has 0 unspecified atom stereocenters. The van der Waals surface area contributed by atoms with Crippen LogP contribution >= 0.6 is 11.3 Å². The third kappa shape index (κ3) is 3.67. The molecule has 0 aliphatic carbocycles. The number of thiophene rings is 1. The van der Waals surface area contributed by atoms with Gasteiger partial charge in [-0.3, -0.25) is 0 Å². The van der Waals surface area contributed by atoms with Crippen LogP contribution in [-0.2, 0) is 0 Å². The van der Waals surface area contributed by atoms with Crippen LogP contribution in [0.1, 0.15) is 27.7 Å². The first-order valence-corrected chi connectivity index (χ1v) is 13.1. The van der Waals surface area contributed by atoms with E-state index in [-0.39, 0.29) is 5.41 Å². The Kier molecular flexibility index (Phi) is 5.10. The first-order chi connectivity index (χ1) is 16.7. The first kappa shape index (κ1) is 22.4. The minimum Gasteiger partial charge on any atom is -0.390 e. The van der Waals surface area contributed by atoms with Crippen LogP contribution in [0.4, 0.5) is 0 Å².